The molecule has 0 radical (unpaired) electrons. The Labute approximate surface area is 95.6 Å². The van der Waals surface area contributed by atoms with Gasteiger partial charge in [-0.2, -0.15) is 0 Å². The van der Waals surface area contributed by atoms with E-state index in [0.717, 1.165) is 17.2 Å². The number of H-pyrrole nitrogens is 1. The number of aromatic nitrogens is 2. The molecule has 2 N–H and O–H groups in total. The molecule has 2 rings (SSSR count). The highest BCUT2D eigenvalue weighted by Crippen LogP contribution is 2.18. The van der Waals surface area contributed by atoms with Crippen molar-refractivity contribution in [2.75, 3.05) is 5.75 Å². The number of fused-ring (bicyclic) bond motifs is 1. The van der Waals surface area contributed by atoms with Gasteiger partial charge in [0, 0.05) is 12.5 Å². The highest BCUT2D eigenvalue weighted by Gasteiger charge is 2.24. The first-order valence-electron chi connectivity index (χ1n) is 5.47. The van der Waals surface area contributed by atoms with Gasteiger partial charge in [0.15, 0.2) is 9.84 Å². The van der Waals surface area contributed by atoms with Crippen molar-refractivity contribution in [1.29, 1.82) is 0 Å². The highest BCUT2D eigenvalue weighted by atomic mass is 32.2. The lowest BCUT2D eigenvalue weighted by Gasteiger charge is -2.09. The van der Waals surface area contributed by atoms with Crippen LogP contribution in [0.2, 0.25) is 0 Å². The lowest BCUT2D eigenvalue weighted by Crippen LogP contribution is -2.22. The van der Waals surface area contributed by atoms with Crippen LogP contribution >= 0.6 is 0 Å². The first-order valence-corrected chi connectivity index (χ1v) is 7.29. The van der Waals surface area contributed by atoms with Gasteiger partial charge in [-0.3, -0.25) is 0 Å². The van der Waals surface area contributed by atoms with Crippen molar-refractivity contribution in [1.82, 2.24) is 15.3 Å². The minimum atomic E-state index is -2.91. The van der Waals surface area contributed by atoms with Crippen LogP contribution in [-0.4, -0.2) is 30.2 Å². The van der Waals surface area contributed by atoms with E-state index in [1.807, 2.05) is 0 Å². The number of nitrogens with one attached hydrogen (secondary N) is 2. The minimum absolute atomic E-state index is 0.108. The van der Waals surface area contributed by atoms with E-state index in [1.165, 1.54) is 0 Å². The number of nitrogens with zero attached hydrogens (tertiary/aromatic N) is 1. The van der Waals surface area contributed by atoms with Crippen LogP contribution in [0, 0.1) is 0 Å². The van der Waals surface area contributed by atoms with Gasteiger partial charge < -0.3 is 10.3 Å². The number of sulfone groups is 1. The molecule has 1 aliphatic rings. The summed E-state index contributed by atoms with van der Waals surface area (Å²) >= 11 is 0. The molecule has 1 aromatic heterocycles. The van der Waals surface area contributed by atoms with Gasteiger partial charge in [-0.05, 0) is 0 Å². The van der Waals surface area contributed by atoms with Gasteiger partial charge in [0.1, 0.15) is 5.82 Å². The maximum Gasteiger partial charge on any atom is 0.156 e. The van der Waals surface area contributed by atoms with Crippen LogP contribution in [-0.2, 0) is 28.6 Å². The first kappa shape index (κ1) is 11.6. The van der Waals surface area contributed by atoms with Crippen molar-refractivity contribution in [3.63, 3.8) is 0 Å². The molecule has 5 nitrogen and oxygen atoms in total. The van der Waals surface area contributed by atoms with Crippen molar-refractivity contribution < 1.29 is 8.42 Å². The topological polar surface area (TPSA) is 74.8 Å². The molecule has 0 aliphatic carbocycles. The van der Waals surface area contributed by atoms with Crippen molar-refractivity contribution in [2.45, 2.75) is 38.6 Å². The summed E-state index contributed by atoms with van der Waals surface area (Å²) in [5.74, 6) is 1.16. The van der Waals surface area contributed by atoms with Gasteiger partial charge >= 0.3 is 0 Å². The summed E-state index contributed by atoms with van der Waals surface area (Å²) in [6, 6.07) is 0.394. The van der Waals surface area contributed by atoms with E-state index >= 15 is 0 Å². The summed E-state index contributed by atoms with van der Waals surface area (Å²) in [5, 5.41) is 3.25. The Morgan fingerprint density at radius 2 is 2.25 bits per heavy atom. The normalized spacial score (nSPS) is 18.7. The zero-order valence-electron chi connectivity index (χ0n) is 9.58. The number of hydrogen-bond acceptors (Lipinski definition) is 4. The molecule has 0 bridgehead atoms. The molecule has 0 aromatic carbocycles. The molecule has 0 saturated heterocycles. The molecule has 90 valence electrons. The van der Waals surface area contributed by atoms with E-state index in [1.54, 1.807) is 0 Å². The third-order valence-corrected chi connectivity index (χ3v) is 4.16. The lowest BCUT2D eigenvalue weighted by atomic mass is 10.3. The molecular weight excluding hydrogens is 226 g/mol. The molecule has 0 spiro atoms. The molecule has 1 aliphatic heterocycles. The maximum absolute atomic E-state index is 11.4. The zero-order chi connectivity index (χ0) is 11.8. The monoisotopic (exact) mass is 243 g/mol. The van der Waals surface area contributed by atoms with Crippen molar-refractivity contribution in [3.8, 4) is 0 Å². The van der Waals surface area contributed by atoms with E-state index < -0.39 is 9.84 Å². The summed E-state index contributed by atoms with van der Waals surface area (Å²) in [6.45, 7) is 4.78. The van der Waals surface area contributed by atoms with Crippen LogP contribution in [0.15, 0.2) is 0 Å². The largest absolute Gasteiger partial charge is 0.344 e. The van der Waals surface area contributed by atoms with E-state index in [0.29, 0.717) is 19.0 Å². The zero-order valence-corrected chi connectivity index (χ0v) is 10.4. The lowest BCUT2D eigenvalue weighted by molar-refractivity contribution is 0.574. The van der Waals surface area contributed by atoms with Crippen LogP contribution in [0.5, 0.6) is 0 Å². The fraction of sp³-hybridized carbons (Fsp3) is 0.700. The van der Waals surface area contributed by atoms with Crippen LogP contribution in [0.25, 0.3) is 0 Å². The molecule has 0 saturated carbocycles. The van der Waals surface area contributed by atoms with E-state index in [9.17, 15) is 8.42 Å². The Morgan fingerprint density at radius 3 is 2.94 bits per heavy atom. The van der Waals surface area contributed by atoms with Gasteiger partial charge in [-0.1, -0.05) is 13.8 Å². The van der Waals surface area contributed by atoms with E-state index in [4.69, 9.17) is 0 Å². The molecule has 0 unspecified atom stereocenters. The Morgan fingerprint density at radius 1 is 1.50 bits per heavy atom. The molecule has 6 heteroatoms. The smallest absolute Gasteiger partial charge is 0.156 e. The quantitative estimate of drug-likeness (QED) is 0.804. The van der Waals surface area contributed by atoms with Crippen molar-refractivity contribution in [3.05, 3.63) is 17.2 Å². The molecule has 0 atom stereocenters. The van der Waals surface area contributed by atoms with Gasteiger partial charge in [0.2, 0.25) is 0 Å². The average Bonchev–Trinajstić information content (AvgIpc) is 2.55. The third kappa shape index (κ3) is 2.62. The minimum Gasteiger partial charge on any atom is -0.344 e. The summed E-state index contributed by atoms with van der Waals surface area (Å²) in [6.07, 6.45) is 0.538. The van der Waals surface area contributed by atoms with E-state index in [-0.39, 0.29) is 11.5 Å². The fourth-order valence-corrected chi connectivity index (χ4v) is 3.09. The predicted octanol–water partition coefficient (Wildman–Crippen LogP) is 0.379. The summed E-state index contributed by atoms with van der Waals surface area (Å²) in [4.78, 5) is 7.50. The molecular formula is C10H17N3O2S. The third-order valence-electron chi connectivity index (χ3n) is 2.61. The number of hydrogen-bond donors (Lipinski definition) is 2. The second kappa shape index (κ2) is 4.18. The Kier molecular flexibility index (Phi) is 3.03. The molecule has 1 aromatic rings. The Hall–Kier alpha value is -0.880. The number of aromatic amines is 1. The van der Waals surface area contributed by atoms with Crippen LogP contribution in [0.1, 0.15) is 31.1 Å². The number of rotatable bonds is 3. The van der Waals surface area contributed by atoms with Crippen LogP contribution in [0.3, 0.4) is 0 Å². The second-order valence-corrected chi connectivity index (χ2v) is 6.67. The van der Waals surface area contributed by atoms with Gasteiger partial charge in [-0.15, -0.1) is 0 Å². The number of aryl methyl sites for hydroxylation is 1. The number of imidazole rings is 1. The highest BCUT2D eigenvalue weighted by molar-refractivity contribution is 7.90. The van der Waals surface area contributed by atoms with Gasteiger partial charge in [0.05, 0.1) is 29.4 Å². The average molecular weight is 243 g/mol. The summed E-state index contributed by atoms with van der Waals surface area (Å²) in [5.41, 5.74) is 1.68. The summed E-state index contributed by atoms with van der Waals surface area (Å²) < 4.78 is 22.9. The standard InChI is InChI=1S/C10H17N3O2S/c1-7(2)11-5-10-12-8-3-4-16(14,15)6-9(8)13-10/h7,11H,3-6H2,1-2H3,(H,12,13). The van der Waals surface area contributed by atoms with E-state index in [2.05, 4.69) is 29.1 Å². The predicted molar refractivity (Wildman–Crippen MR) is 61.8 cm³/mol. The molecule has 16 heavy (non-hydrogen) atoms. The van der Waals surface area contributed by atoms with Crippen molar-refractivity contribution in [2.24, 2.45) is 0 Å². The van der Waals surface area contributed by atoms with Gasteiger partial charge in [-0.25, -0.2) is 13.4 Å². The maximum atomic E-state index is 11.4. The molecule has 0 amide bonds. The Bertz CT molecular complexity index is 476. The second-order valence-electron chi connectivity index (χ2n) is 4.49. The summed E-state index contributed by atoms with van der Waals surface area (Å²) in [7, 11) is -2.91. The Balaban J connectivity index is 2.12. The van der Waals surface area contributed by atoms with Crippen LogP contribution in [0.4, 0.5) is 0 Å². The SMILES string of the molecule is CC(C)NCc1nc2c([nH]1)CS(=O)(=O)CC2. The first-order chi connectivity index (χ1) is 7.46. The fourth-order valence-electron chi connectivity index (χ4n) is 1.76. The van der Waals surface area contributed by atoms with Crippen molar-refractivity contribution >= 4 is 9.84 Å². The molecule has 2 heterocycles. The van der Waals surface area contributed by atoms with Crippen LogP contribution < -0.4 is 5.32 Å². The van der Waals surface area contributed by atoms with Gasteiger partial charge in [0.25, 0.3) is 0 Å². The molecule has 0 fully saturated rings.